The molecule has 9 nitrogen and oxygen atoms in total. The predicted molar refractivity (Wildman–Crippen MR) is 150 cm³/mol. The number of H-pyrrole nitrogens is 2. The van der Waals surface area contributed by atoms with Gasteiger partial charge in [-0.25, -0.2) is 9.37 Å². The summed E-state index contributed by atoms with van der Waals surface area (Å²) in [6, 6.07) is 20.9. The second-order valence-electron chi connectivity index (χ2n) is 9.09. The van der Waals surface area contributed by atoms with Crippen LogP contribution in [0.3, 0.4) is 0 Å². The van der Waals surface area contributed by atoms with Gasteiger partial charge in [0.1, 0.15) is 22.7 Å². The van der Waals surface area contributed by atoms with Crippen LogP contribution in [0.5, 0.6) is 0 Å². The normalized spacial score (nSPS) is 11.2. The topological polar surface area (TPSA) is 125 Å². The first kappa shape index (κ1) is 23.4. The molecule has 40 heavy (non-hydrogen) atoms. The van der Waals surface area contributed by atoms with E-state index in [2.05, 4.69) is 35.5 Å². The van der Waals surface area contributed by atoms with Crippen LogP contribution in [0.4, 0.5) is 10.1 Å². The number of rotatable bonds is 5. The molecule has 0 aliphatic carbocycles. The number of pyridine rings is 3. The van der Waals surface area contributed by atoms with Gasteiger partial charge in [-0.3, -0.25) is 24.8 Å². The van der Waals surface area contributed by atoms with E-state index in [1.165, 1.54) is 6.07 Å². The highest BCUT2D eigenvalue weighted by Gasteiger charge is 2.18. The number of anilines is 1. The van der Waals surface area contributed by atoms with Crippen molar-refractivity contribution in [3.8, 4) is 34.0 Å². The Labute approximate surface area is 226 Å². The van der Waals surface area contributed by atoms with Crippen molar-refractivity contribution in [2.24, 2.45) is 0 Å². The van der Waals surface area contributed by atoms with Crippen molar-refractivity contribution in [1.29, 1.82) is 0 Å². The second kappa shape index (κ2) is 9.52. The predicted octanol–water partition coefficient (Wildman–Crippen LogP) is 6.02. The SMILES string of the molecule is O=C(Nc1cncc(-c2cc3c(-c4nc5c(-c6ccccc6F)nccc5[nH]4)n[nH]c3cn2)c1)c1ccccc1. The van der Waals surface area contributed by atoms with E-state index in [-0.39, 0.29) is 11.7 Å². The fourth-order valence-corrected chi connectivity index (χ4v) is 4.59. The lowest BCUT2D eigenvalue weighted by molar-refractivity contribution is 0.102. The Morgan fingerprint density at radius 2 is 1.70 bits per heavy atom. The number of carbonyl (C=O) groups excluding carboxylic acids is 1. The molecule has 7 rings (SSSR count). The molecular weight excluding hydrogens is 507 g/mol. The summed E-state index contributed by atoms with van der Waals surface area (Å²) in [5.41, 5.74) is 5.82. The monoisotopic (exact) mass is 526 g/mol. The van der Waals surface area contributed by atoms with Crippen LogP contribution in [-0.4, -0.2) is 41.0 Å². The number of aromatic nitrogens is 7. The van der Waals surface area contributed by atoms with Crippen molar-refractivity contribution in [3.05, 3.63) is 109 Å². The largest absolute Gasteiger partial charge is 0.336 e. The van der Waals surface area contributed by atoms with Crippen LogP contribution in [0.1, 0.15) is 10.4 Å². The first-order valence-electron chi connectivity index (χ1n) is 12.4. The van der Waals surface area contributed by atoms with Crippen molar-refractivity contribution in [1.82, 2.24) is 35.1 Å². The van der Waals surface area contributed by atoms with Crippen molar-refractivity contribution in [2.45, 2.75) is 0 Å². The summed E-state index contributed by atoms with van der Waals surface area (Å²) in [6.45, 7) is 0. The summed E-state index contributed by atoms with van der Waals surface area (Å²) in [5.74, 6) is -0.0935. The van der Waals surface area contributed by atoms with Crippen LogP contribution in [0, 0.1) is 5.82 Å². The first-order valence-corrected chi connectivity index (χ1v) is 12.4. The molecule has 0 unspecified atom stereocenters. The molecule has 2 aromatic carbocycles. The quantitative estimate of drug-likeness (QED) is 0.252. The van der Waals surface area contributed by atoms with Gasteiger partial charge in [0.05, 0.1) is 34.8 Å². The van der Waals surface area contributed by atoms with Crippen molar-refractivity contribution >= 4 is 33.5 Å². The van der Waals surface area contributed by atoms with Crippen LogP contribution < -0.4 is 5.32 Å². The summed E-state index contributed by atoms with van der Waals surface area (Å²) in [4.78, 5) is 33.9. The molecule has 10 heteroatoms. The molecule has 0 saturated heterocycles. The maximum Gasteiger partial charge on any atom is 0.255 e. The number of fused-ring (bicyclic) bond motifs is 2. The molecule has 3 N–H and O–H groups in total. The third-order valence-electron chi connectivity index (χ3n) is 6.53. The molecule has 5 aromatic heterocycles. The van der Waals surface area contributed by atoms with Gasteiger partial charge < -0.3 is 10.3 Å². The van der Waals surface area contributed by atoms with E-state index in [1.807, 2.05) is 30.3 Å². The van der Waals surface area contributed by atoms with Gasteiger partial charge in [0, 0.05) is 34.5 Å². The summed E-state index contributed by atoms with van der Waals surface area (Å²) >= 11 is 0. The average molecular weight is 527 g/mol. The highest BCUT2D eigenvalue weighted by atomic mass is 19.1. The summed E-state index contributed by atoms with van der Waals surface area (Å²) in [5, 5.41) is 11.1. The van der Waals surface area contributed by atoms with Crippen LogP contribution >= 0.6 is 0 Å². The molecule has 0 aliphatic rings. The Balaban J connectivity index is 1.26. The molecular formula is C30H19FN8O. The van der Waals surface area contributed by atoms with Gasteiger partial charge in [0.2, 0.25) is 0 Å². The number of benzene rings is 2. The molecule has 0 bridgehead atoms. The smallest absolute Gasteiger partial charge is 0.255 e. The van der Waals surface area contributed by atoms with Gasteiger partial charge in [-0.2, -0.15) is 5.10 Å². The number of hydrogen-bond donors (Lipinski definition) is 3. The third kappa shape index (κ3) is 4.13. The molecule has 192 valence electrons. The standard InChI is InChI=1S/C30H19FN8O/c31-22-9-5-4-8-20(22)26-28-23(10-11-33-26)36-29(37-28)27-21-13-24(34-16-25(21)38-39-27)18-12-19(15-32-14-18)35-30(40)17-6-2-1-3-7-17/h1-16H,(H,35,40)(H,36,37)(H,38,39). The summed E-state index contributed by atoms with van der Waals surface area (Å²) in [7, 11) is 0. The van der Waals surface area contributed by atoms with E-state index in [9.17, 15) is 9.18 Å². The van der Waals surface area contributed by atoms with Crippen molar-refractivity contribution in [2.75, 3.05) is 5.32 Å². The minimum absolute atomic E-state index is 0.228. The van der Waals surface area contributed by atoms with Gasteiger partial charge in [0.15, 0.2) is 5.82 Å². The first-order chi connectivity index (χ1) is 19.6. The molecule has 0 fully saturated rings. The van der Waals surface area contributed by atoms with Gasteiger partial charge in [-0.15, -0.1) is 0 Å². The average Bonchev–Trinajstić information content (AvgIpc) is 3.62. The van der Waals surface area contributed by atoms with E-state index in [0.29, 0.717) is 56.3 Å². The zero-order valence-corrected chi connectivity index (χ0v) is 20.8. The lowest BCUT2D eigenvalue weighted by atomic mass is 10.1. The van der Waals surface area contributed by atoms with Gasteiger partial charge in [0.25, 0.3) is 5.91 Å². The lowest BCUT2D eigenvalue weighted by Crippen LogP contribution is -2.11. The third-order valence-corrected chi connectivity index (χ3v) is 6.53. The Morgan fingerprint density at radius 3 is 2.58 bits per heavy atom. The van der Waals surface area contributed by atoms with E-state index in [4.69, 9.17) is 4.98 Å². The number of amides is 1. The van der Waals surface area contributed by atoms with E-state index < -0.39 is 0 Å². The number of aromatic amines is 2. The lowest BCUT2D eigenvalue weighted by Gasteiger charge is -2.07. The van der Waals surface area contributed by atoms with Crippen LogP contribution in [0.25, 0.3) is 56.0 Å². The highest BCUT2D eigenvalue weighted by molar-refractivity contribution is 6.04. The minimum Gasteiger partial charge on any atom is -0.336 e. The molecule has 0 spiro atoms. The maximum absolute atomic E-state index is 14.6. The van der Waals surface area contributed by atoms with Crippen LogP contribution in [0.15, 0.2) is 97.6 Å². The van der Waals surface area contributed by atoms with Gasteiger partial charge in [-0.1, -0.05) is 30.3 Å². The summed E-state index contributed by atoms with van der Waals surface area (Å²) in [6.07, 6.45) is 6.57. The molecule has 0 saturated carbocycles. The fraction of sp³-hybridized carbons (Fsp3) is 0. The number of carbonyl (C=O) groups is 1. The number of hydrogen-bond acceptors (Lipinski definition) is 6. The molecule has 5 heterocycles. The molecule has 0 atom stereocenters. The number of imidazole rings is 1. The molecule has 0 aliphatic heterocycles. The fourth-order valence-electron chi connectivity index (χ4n) is 4.59. The van der Waals surface area contributed by atoms with Crippen molar-refractivity contribution < 1.29 is 9.18 Å². The number of nitrogens with zero attached hydrogens (tertiary/aromatic N) is 5. The van der Waals surface area contributed by atoms with Gasteiger partial charge in [-0.05, 0) is 42.5 Å². The zero-order chi connectivity index (χ0) is 27.1. The maximum atomic E-state index is 14.6. The highest BCUT2D eigenvalue weighted by Crippen LogP contribution is 2.32. The summed E-state index contributed by atoms with van der Waals surface area (Å²) < 4.78 is 14.6. The molecule has 7 aromatic rings. The van der Waals surface area contributed by atoms with Crippen LogP contribution in [0.2, 0.25) is 0 Å². The van der Waals surface area contributed by atoms with E-state index in [0.717, 1.165) is 10.9 Å². The van der Waals surface area contributed by atoms with E-state index >= 15 is 0 Å². The molecule has 1 amide bonds. The van der Waals surface area contributed by atoms with E-state index in [1.54, 1.807) is 61.2 Å². The zero-order valence-electron chi connectivity index (χ0n) is 20.8. The Hall–Kier alpha value is -5.77. The Kier molecular flexibility index (Phi) is 5.56. The van der Waals surface area contributed by atoms with Crippen molar-refractivity contribution in [3.63, 3.8) is 0 Å². The number of nitrogens with one attached hydrogen (secondary N) is 3. The molecule has 0 radical (unpaired) electrons. The minimum atomic E-state index is -0.371. The van der Waals surface area contributed by atoms with Crippen LogP contribution in [-0.2, 0) is 0 Å². The Morgan fingerprint density at radius 1 is 0.850 bits per heavy atom. The Bertz CT molecular complexity index is 2030. The number of halogens is 1. The van der Waals surface area contributed by atoms with Gasteiger partial charge >= 0.3 is 0 Å². The second-order valence-corrected chi connectivity index (χ2v) is 9.09.